The van der Waals surface area contributed by atoms with Gasteiger partial charge in [-0.2, -0.15) is 13.2 Å². The van der Waals surface area contributed by atoms with Crippen LogP contribution in [0.3, 0.4) is 0 Å². The second-order valence-electron chi connectivity index (χ2n) is 7.53. The standard InChI is InChI=1S/C21H33F3N4O.HI/c1-4-28-11-8-17(9-12-28)7-10-26-20(25-3)27-14-18-6-5-16(2)13-19(18)29-15-21(22,23)24;/h5-6,13,17H,4,7-12,14-15H2,1-3H3,(H2,25,26,27);1H. The van der Waals surface area contributed by atoms with Gasteiger partial charge in [-0.05, 0) is 63.4 Å². The van der Waals surface area contributed by atoms with Crippen LogP contribution in [-0.2, 0) is 6.54 Å². The first-order valence-corrected chi connectivity index (χ1v) is 10.3. The predicted molar refractivity (Wildman–Crippen MR) is 126 cm³/mol. The molecule has 0 unspecified atom stereocenters. The van der Waals surface area contributed by atoms with Crippen LogP contribution in [0.25, 0.3) is 0 Å². The van der Waals surface area contributed by atoms with Crippen molar-refractivity contribution in [1.29, 1.82) is 0 Å². The third kappa shape index (κ3) is 9.72. The molecule has 0 aromatic heterocycles. The minimum Gasteiger partial charge on any atom is -0.484 e. The molecule has 2 N–H and O–H groups in total. The molecular weight excluding hydrogens is 508 g/mol. The molecule has 0 spiro atoms. The minimum atomic E-state index is -4.36. The molecule has 0 bridgehead atoms. The van der Waals surface area contributed by atoms with E-state index in [-0.39, 0.29) is 29.7 Å². The molecule has 0 aliphatic carbocycles. The van der Waals surface area contributed by atoms with E-state index < -0.39 is 12.8 Å². The number of hydrogen-bond acceptors (Lipinski definition) is 3. The quantitative estimate of drug-likeness (QED) is 0.292. The van der Waals surface area contributed by atoms with Crippen molar-refractivity contribution in [2.45, 2.75) is 45.8 Å². The van der Waals surface area contributed by atoms with E-state index in [1.54, 1.807) is 19.2 Å². The van der Waals surface area contributed by atoms with Crippen LogP contribution in [0.15, 0.2) is 23.2 Å². The lowest BCUT2D eigenvalue weighted by Crippen LogP contribution is -2.39. The number of alkyl halides is 3. The first kappa shape index (κ1) is 26.8. The SMILES string of the molecule is CCN1CCC(CCNC(=NC)NCc2ccc(C)cc2OCC(F)(F)F)CC1.I. The van der Waals surface area contributed by atoms with E-state index in [9.17, 15) is 13.2 Å². The Morgan fingerprint density at radius 3 is 2.53 bits per heavy atom. The zero-order valence-electron chi connectivity index (χ0n) is 18.0. The number of hydrogen-bond donors (Lipinski definition) is 2. The van der Waals surface area contributed by atoms with Crippen LogP contribution < -0.4 is 15.4 Å². The number of aliphatic imine (C=N–C) groups is 1. The van der Waals surface area contributed by atoms with Crippen molar-refractivity contribution in [3.8, 4) is 5.75 Å². The highest BCUT2D eigenvalue weighted by atomic mass is 127. The Balaban J connectivity index is 0.00000450. The van der Waals surface area contributed by atoms with Crippen molar-refractivity contribution in [2.75, 3.05) is 39.8 Å². The maximum atomic E-state index is 12.5. The Kier molecular flexibility index (Phi) is 11.8. The normalized spacial score (nSPS) is 16.1. The molecule has 1 aromatic carbocycles. The number of rotatable bonds is 8. The first-order chi connectivity index (χ1) is 13.8. The van der Waals surface area contributed by atoms with Gasteiger partial charge in [0, 0.05) is 25.7 Å². The van der Waals surface area contributed by atoms with Gasteiger partial charge in [0.2, 0.25) is 0 Å². The van der Waals surface area contributed by atoms with E-state index in [1.807, 2.05) is 13.0 Å². The summed E-state index contributed by atoms with van der Waals surface area (Å²) in [5.41, 5.74) is 1.51. The van der Waals surface area contributed by atoms with Gasteiger partial charge >= 0.3 is 6.18 Å². The van der Waals surface area contributed by atoms with E-state index in [0.29, 0.717) is 18.1 Å². The van der Waals surface area contributed by atoms with E-state index >= 15 is 0 Å². The number of guanidine groups is 1. The third-order valence-electron chi connectivity index (χ3n) is 5.28. The number of nitrogens with zero attached hydrogens (tertiary/aromatic N) is 2. The van der Waals surface area contributed by atoms with Gasteiger partial charge in [-0.25, -0.2) is 0 Å². The molecule has 5 nitrogen and oxygen atoms in total. The summed E-state index contributed by atoms with van der Waals surface area (Å²) in [6.07, 6.45) is -0.822. The summed E-state index contributed by atoms with van der Waals surface area (Å²) in [6.45, 7) is 7.34. The van der Waals surface area contributed by atoms with Gasteiger partial charge in [-0.15, -0.1) is 24.0 Å². The van der Waals surface area contributed by atoms with Gasteiger partial charge in [-0.1, -0.05) is 19.1 Å². The van der Waals surface area contributed by atoms with Crippen molar-refractivity contribution in [3.63, 3.8) is 0 Å². The average molecular weight is 542 g/mol. The molecule has 1 aliphatic rings. The second-order valence-corrected chi connectivity index (χ2v) is 7.53. The molecule has 1 saturated heterocycles. The first-order valence-electron chi connectivity index (χ1n) is 10.3. The molecule has 0 amide bonds. The van der Waals surface area contributed by atoms with Gasteiger partial charge in [0.05, 0.1) is 0 Å². The van der Waals surface area contributed by atoms with Gasteiger partial charge < -0.3 is 20.3 Å². The minimum absolute atomic E-state index is 0. The van der Waals surface area contributed by atoms with Gasteiger partial charge in [-0.3, -0.25) is 4.99 Å². The highest BCUT2D eigenvalue weighted by Crippen LogP contribution is 2.24. The molecule has 0 atom stereocenters. The largest absolute Gasteiger partial charge is 0.484 e. The van der Waals surface area contributed by atoms with E-state index in [0.717, 1.165) is 31.0 Å². The van der Waals surface area contributed by atoms with Crippen molar-refractivity contribution < 1.29 is 17.9 Å². The Labute approximate surface area is 194 Å². The van der Waals surface area contributed by atoms with Crippen molar-refractivity contribution >= 4 is 29.9 Å². The predicted octanol–water partition coefficient (Wildman–Crippen LogP) is 4.34. The summed E-state index contributed by atoms with van der Waals surface area (Å²) in [7, 11) is 1.69. The van der Waals surface area contributed by atoms with E-state index in [1.165, 1.54) is 25.9 Å². The molecule has 9 heteroatoms. The van der Waals surface area contributed by atoms with Crippen molar-refractivity contribution in [3.05, 3.63) is 29.3 Å². The topological polar surface area (TPSA) is 48.9 Å². The van der Waals surface area contributed by atoms with Crippen LogP contribution in [0.5, 0.6) is 5.75 Å². The zero-order valence-corrected chi connectivity index (χ0v) is 20.3. The Morgan fingerprint density at radius 1 is 1.23 bits per heavy atom. The van der Waals surface area contributed by atoms with Crippen LogP contribution in [0, 0.1) is 12.8 Å². The van der Waals surface area contributed by atoms with Gasteiger partial charge in [0.1, 0.15) is 5.75 Å². The number of benzene rings is 1. The highest BCUT2D eigenvalue weighted by molar-refractivity contribution is 14.0. The van der Waals surface area contributed by atoms with Crippen LogP contribution >= 0.6 is 24.0 Å². The third-order valence-corrected chi connectivity index (χ3v) is 5.28. The molecule has 1 aromatic rings. The summed E-state index contributed by atoms with van der Waals surface area (Å²) in [4.78, 5) is 6.69. The lowest BCUT2D eigenvalue weighted by molar-refractivity contribution is -0.153. The van der Waals surface area contributed by atoms with Crippen molar-refractivity contribution in [2.24, 2.45) is 10.9 Å². The number of aryl methyl sites for hydroxylation is 1. The van der Waals surface area contributed by atoms with Crippen LogP contribution in [0.4, 0.5) is 13.2 Å². The fourth-order valence-corrected chi connectivity index (χ4v) is 3.49. The maximum Gasteiger partial charge on any atom is 0.422 e. The Hall–Kier alpha value is -1.23. The summed E-state index contributed by atoms with van der Waals surface area (Å²) < 4.78 is 42.5. The lowest BCUT2D eigenvalue weighted by Gasteiger charge is -2.31. The Morgan fingerprint density at radius 2 is 1.93 bits per heavy atom. The fourth-order valence-electron chi connectivity index (χ4n) is 3.49. The summed E-state index contributed by atoms with van der Waals surface area (Å²) >= 11 is 0. The van der Waals surface area contributed by atoms with Gasteiger partial charge in [0.15, 0.2) is 12.6 Å². The lowest BCUT2D eigenvalue weighted by atomic mass is 9.93. The molecule has 0 radical (unpaired) electrons. The number of piperidine rings is 1. The summed E-state index contributed by atoms with van der Waals surface area (Å²) in [5, 5.41) is 6.47. The molecule has 172 valence electrons. The molecule has 1 heterocycles. The summed E-state index contributed by atoms with van der Waals surface area (Å²) in [5.74, 6) is 1.61. The Bertz CT molecular complexity index is 662. The second kappa shape index (κ2) is 13.2. The maximum absolute atomic E-state index is 12.5. The van der Waals surface area contributed by atoms with Crippen LogP contribution in [-0.4, -0.2) is 56.9 Å². The summed E-state index contributed by atoms with van der Waals surface area (Å²) in [6, 6.07) is 5.26. The molecule has 1 aliphatic heterocycles. The fraction of sp³-hybridized carbons (Fsp3) is 0.667. The molecule has 1 fully saturated rings. The average Bonchev–Trinajstić information content (AvgIpc) is 2.69. The number of likely N-dealkylation sites (tertiary alicyclic amines) is 1. The van der Waals surface area contributed by atoms with Crippen molar-refractivity contribution in [1.82, 2.24) is 15.5 Å². The highest BCUT2D eigenvalue weighted by Gasteiger charge is 2.28. The zero-order chi connectivity index (χ0) is 21.3. The van der Waals surface area contributed by atoms with Crippen LogP contribution in [0.1, 0.15) is 37.3 Å². The van der Waals surface area contributed by atoms with E-state index in [4.69, 9.17) is 4.74 Å². The number of ether oxygens (including phenoxy) is 1. The molecule has 2 rings (SSSR count). The number of halogens is 4. The van der Waals surface area contributed by atoms with Gasteiger partial charge in [0.25, 0.3) is 0 Å². The van der Waals surface area contributed by atoms with E-state index in [2.05, 4.69) is 27.4 Å². The smallest absolute Gasteiger partial charge is 0.422 e. The van der Waals surface area contributed by atoms with Crippen LogP contribution in [0.2, 0.25) is 0 Å². The molecule has 30 heavy (non-hydrogen) atoms. The molecular formula is C21H34F3IN4O. The number of nitrogens with one attached hydrogen (secondary N) is 2. The molecule has 0 saturated carbocycles. The monoisotopic (exact) mass is 542 g/mol.